The van der Waals surface area contributed by atoms with Gasteiger partial charge in [-0.2, -0.15) is 5.17 Å². The van der Waals surface area contributed by atoms with Gasteiger partial charge in [0.25, 0.3) is 0 Å². The lowest BCUT2D eigenvalue weighted by atomic mass is 10.0. The lowest BCUT2D eigenvalue weighted by molar-refractivity contribution is -0.186. The van der Waals surface area contributed by atoms with Crippen molar-refractivity contribution in [2.45, 2.75) is 33.2 Å². The highest BCUT2D eigenvalue weighted by Gasteiger charge is 2.24. The molecule has 0 saturated heterocycles. The molecule has 1 atom stereocenters. The fourth-order valence-corrected chi connectivity index (χ4v) is 3.14. The fourth-order valence-electron chi connectivity index (χ4n) is 3.14. The molecule has 0 saturated carbocycles. The van der Waals surface area contributed by atoms with Crippen molar-refractivity contribution in [2.24, 2.45) is 16.6 Å². The third kappa shape index (κ3) is 5.09. The van der Waals surface area contributed by atoms with Gasteiger partial charge in [0.2, 0.25) is 5.96 Å². The van der Waals surface area contributed by atoms with Gasteiger partial charge in [-0.05, 0) is 56.7 Å². The van der Waals surface area contributed by atoms with Crippen LogP contribution in [0.4, 0.5) is 0 Å². The predicted octanol–water partition coefficient (Wildman–Crippen LogP) is 3.40. The van der Waals surface area contributed by atoms with Gasteiger partial charge in [-0.25, -0.2) is 9.97 Å². The van der Waals surface area contributed by atoms with Crippen molar-refractivity contribution >= 4 is 29.0 Å². The summed E-state index contributed by atoms with van der Waals surface area (Å²) in [6.45, 7) is 6.37. The number of aryl methyl sites for hydroxylation is 1. The van der Waals surface area contributed by atoms with E-state index in [4.69, 9.17) is 26.3 Å². The number of aromatic nitrogens is 3. The zero-order chi connectivity index (χ0) is 21.5. The molecule has 3 aromatic rings. The monoisotopic (exact) mass is 405 g/mol. The van der Waals surface area contributed by atoms with Crippen molar-refractivity contribution in [1.29, 1.82) is 0 Å². The van der Waals surface area contributed by atoms with Crippen LogP contribution in [0.1, 0.15) is 49.1 Å². The van der Waals surface area contributed by atoms with Crippen molar-refractivity contribution in [2.75, 3.05) is 6.61 Å². The molecule has 4 N–H and O–H groups in total. The van der Waals surface area contributed by atoms with Crippen LogP contribution in [0.3, 0.4) is 0 Å². The quantitative estimate of drug-likeness (QED) is 0.335. The minimum Gasteiger partial charge on any atom is -0.369 e. The Labute approximate surface area is 176 Å². The van der Waals surface area contributed by atoms with E-state index >= 15 is 0 Å². The number of rotatable bonds is 8. The molecule has 0 bridgehead atoms. The van der Waals surface area contributed by atoms with Crippen LogP contribution >= 0.6 is 0 Å². The second kappa shape index (κ2) is 9.80. The second-order valence-corrected chi connectivity index (χ2v) is 6.74. The molecule has 8 nitrogen and oxygen atoms in total. The maximum atomic E-state index is 5.71. The zero-order valence-electron chi connectivity index (χ0n) is 17.5. The maximum Gasteiger partial charge on any atom is 0.211 e. The van der Waals surface area contributed by atoms with Crippen molar-refractivity contribution < 1.29 is 4.84 Å². The first kappa shape index (κ1) is 21.2. The summed E-state index contributed by atoms with van der Waals surface area (Å²) in [5.74, 6) is 0.498. The molecular formula is C22H27N7O. The van der Waals surface area contributed by atoms with Crippen molar-refractivity contribution in [3.05, 3.63) is 65.4 Å². The maximum absolute atomic E-state index is 5.71. The normalized spacial score (nSPS) is 12.2. The van der Waals surface area contributed by atoms with Gasteiger partial charge in [0, 0.05) is 11.6 Å². The summed E-state index contributed by atoms with van der Waals surface area (Å²) < 4.78 is 0. The zero-order valence-corrected chi connectivity index (χ0v) is 17.5. The van der Waals surface area contributed by atoms with Gasteiger partial charge >= 0.3 is 0 Å². The van der Waals surface area contributed by atoms with Crippen LogP contribution < -0.4 is 11.5 Å². The Kier molecular flexibility index (Phi) is 6.92. The molecule has 2 aromatic heterocycles. The van der Waals surface area contributed by atoms with E-state index in [2.05, 4.69) is 16.2 Å². The molecule has 156 valence electrons. The van der Waals surface area contributed by atoms with Crippen LogP contribution in [0.2, 0.25) is 0 Å². The van der Waals surface area contributed by atoms with Gasteiger partial charge in [-0.15, -0.1) is 5.10 Å². The van der Waals surface area contributed by atoms with E-state index in [0.29, 0.717) is 18.9 Å². The summed E-state index contributed by atoms with van der Waals surface area (Å²) in [6.07, 6.45) is 6.16. The number of fused-ring (bicyclic) bond motifs is 1. The Hall–Kier alpha value is -3.52. The lowest BCUT2D eigenvalue weighted by Crippen LogP contribution is -2.32. The van der Waals surface area contributed by atoms with Gasteiger partial charge in [-0.3, -0.25) is 9.82 Å². The molecule has 0 spiro atoms. The third-order valence-corrected chi connectivity index (χ3v) is 4.43. The average Bonchev–Trinajstić information content (AvgIpc) is 2.73. The number of nitrogens with two attached hydrogens (primary N) is 2. The average molecular weight is 406 g/mol. The molecule has 3 rings (SSSR count). The smallest absolute Gasteiger partial charge is 0.211 e. The van der Waals surface area contributed by atoms with Crippen LogP contribution in [-0.2, 0) is 4.84 Å². The van der Waals surface area contributed by atoms with E-state index in [-0.39, 0.29) is 12.0 Å². The van der Waals surface area contributed by atoms with Gasteiger partial charge in [0.05, 0.1) is 23.5 Å². The minimum absolute atomic E-state index is 0.0771. The number of guanidine groups is 1. The van der Waals surface area contributed by atoms with Crippen LogP contribution in [-0.4, -0.2) is 32.7 Å². The molecular weight excluding hydrogens is 378 g/mol. The van der Waals surface area contributed by atoms with Crippen molar-refractivity contribution in [3.63, 3.8) is 0 Å². The fraction of sp³-hybridized carbons (Fsp3) is 0.273. The molecule has 2 heterocycles. The summed E-state index contributed by atoms with van der Waals surface area (Å²) in [7, 11) is 0. The van der Waals surface area contributed by atoms with E-state index in [1.54, 1.807) is 6.20 Å². The number of nitrogens with zero attached hydrogens (tertiary/aromatic N) is 5. The van der Waals surface area contributed by atoms with Gasteiger partial charge in [-0.1, -0.05) is 24.6 Å². The highest BCUT2D eigenvalue weighted by atomic mass is 16.7. The van der Waals surface area contributed by atoms with Crippen LogP contribution in [0, 0.1) is 6.92 Å². The van der Waals surface area contributed by atoms with E-state index in [1.165, 1.54) is 5.17 Å². The van der Waals surface area contributed by atoms with Gasteiger partial charge < -0.3 is 11.5 Å². The topological polar surface area (TPSA) is 116 Å². The molecule has 0 radical (unpaired) electrons. The number of hydrogen-bond donors (Lipinski definition) is 2. The Morgan fingerprint density at radius 2 is 2.00 bits per heavy atom. The molecule has 0 aliphatic heterocycles. The Balaban J connectivity index is 2.13. The van der Waals surface area contributed by atoms with Crippen LogP contribution in [0.5, 0.6) is 0 Å². The number of hydroxylamine groups is 1. The molecule has 30 heavy (non-hydrogen) atoms. The number of hydrazone groups is 1. The van der Waals surface area contributed by atoms with E-state index in [9.17, 15) is 0 Å². The van der Waals surface area contributed by atoms with Crippen LogP contribution in [0.25, 0.3) is 23.1 Å². The minimum atomic E-state index is -0.290. The second-order valence-electron chi connectivity index (χ2n) is 6.74. The summed E-state index contributed by atoms with van der Waals surface area (Å²) in [6, 6.07) is 11.5. The molecule has 8 heteroatoms. The third-order valence-electron chi connectivity index (χ3n) is 4.43. The number of hydrogen-bond acceptors (Lipinski definition) is 6. The summed E-state index contributed by atoms with van der Waals surface area (Å²) in [4.78, 5) is 19.6. The number of pyridine rings is 1. The van der Waals surface area contributed by atoms with Crippen molar-refractivity contribution in [3.8, 4) is 0 Å². The molecule has 0 aliphatic rings. The summed E-state index contributed by atoms with van der Waals surface area (Å²) in [5.41, 5.74) is 14.8. The highest BCUT2D eigenvalue weighted by molar-refractivity contribution is 5.83. The van der Waals surface area contributed by atoms with Crippen molar-refractivity contribution in [1.82, 2.24) is 20.1 Å². The molecule has 0 aliphatic carbocycles. The first-order valence-electron chi connectivity index (χ1n) is 9.91. The predicted molar refractivity (Wildman–Crippen MR) is 120 cm³/mol. The molecule has 1 aromatic carbocycles. The number of benzene rings is 1. The Morgan fingerprint density at radius 3 is 2.67 bits per heavy atom. The highest BCUT2D eigenvalue weighted by Crippen LogP contribution is 2.30. The van der Waals surface area contributed by atoms with E-state index in [0.717, 1.165) is 27.9 Å². The standard InChI is InChI=1S/C22H27N7O/c1-4-19(29(30-5-2)28-22(23)24)21-17-14-15(3)9-11-18(17)26-20(27-21)12-10-16-8-6-7-13-25-16/h6-14,19H,4-5H2,1-3H3,(H4,23,24,28)/b12-10+. The first-order valence-corrected chi connectivity index (χ1v) is 9.91. The Bertz CT molecular complexity index is 1050. The molecule has 0 amide bonds. The summed E-state index contributed by atoms with van der Waals surface area (Å²) in [5, 5.41) is 6.54. The molecule has 1 unspecified atom stereocenters. The van der Waals surface area contributed by atoms with E-state index < -0.39 is 0 Å². The largest absolute Gasteiger partial charge is 0.369 e. The first-order chi connectivity index (χ1) is 14.5. The summed E-state index contributed by atoms with van der Waals surface area (Å²) >= 11 is 0. The SMILES string of the molecule is CCON(N=C(N)N)C(CC)c1nc(/C=C/c2ccccn2)nc2ccc(C)cc12. The van der Waals surface area contributed by atoms with Gasteiger partial charge in [0.15, 0.2) is 5.82 Å². The van der Waals surface area contributed by atoms with Crippen LogP contribution in [0.15, 0.2) is 47.7 Å². The lowest BCUT2D eigenvalue weighted by Gasteiger charge is -2.27. The van der Waals surface area contributed by atoms with Gasteiger partial charge in [0.1, 0.15) is 6.04 Å². The molecule has 0 fully saturated rings. The van der Waals surface area contributed by atoms with E-state index in [1.807, 2.05) is 63.3 Å². The Morgan fingerprint density at radius 1 is 1.17 bits per heavy atom.